The molecule has 1 amide bonds. The van der Waals surface area contributed by atoms with Gasteiger partial charge in [-0.3, -0.25) is 9.78 Å². The number of pyridine rings is 1. The summed E-state index contributed by atoms with van der Waals surface area (Å²) in [5.74, 6) is -0.183. The van der Waals surface area contributed by atoms with Crippen LogP contribution in [0.1, 0.15) is 28.9 Å². The Morgan fingerprint density at radius 1 is 1.22 bits per heavy atom. The Bertz CT molecular complexity index is 796. The Kier molecular flexibility index (Phi) is 4.21. The van der Waals surface area contributed by atoms with Crippen molar-refractivity contribution >= 4 is 11.6 Å². The summed E-state index contributed by atoms with van der Waals surface area (Å²) in [4.78, 5) is 16.4. The number of amides is 1. The minimum Gasteiger partial charge on any atom is -0.472 e. The van der Waals surface area contributed by atoms with Crippen LogP contribution in [-0.4, -0.2) is 10.9 Å². The SMILES string of the molecule is CC(N)c1ccc(C(=O)Nc2ccncc2)cc1-c1ccoc1. The number of furan rings is 1. The van der Waals surface area contributed by atoms with Gasteiger partial charge in [-0.25, -0.2) is 0 Å². The van der Waals surface area contributed by atoms with E-state index in [1.54, 1.807) is 43.1 Å². The van der Waals surface area contributed by atoms with Gasteiger partial charge in [-0.2, -0.15) is 0 Å². The molecule has 1 atom stereocenters. The van der Waals surface area contributed by atoms with Crippen molar-refractivity contribution in [3.63, 3.8) is 0 Å². The van der Waals surface area contributed by atoms with Crippen molar-refractivity contribution in [3.05, 3.63) is 72.4 Å². The molecule has 0 radical (unpaired) electrons. The third-order valence-corrected chi connectivity index (χ3v) is 3.58. The normalized spacial score (nSPS) is 11.9. The zero-order valence-electron chi connectivity index (χ0n) is 12.7. The van der Waals surface area contributed by atoms with Crippen LogP contribution in [0.5, 0.6) is 0 Å². The highest BCUT2D eigenvalue weighted by molar-refractivity contribution is 6.05. The van der Waals surface area contributed by atoms with Gasteiger partial charge in [0, 0.05) is 35.2 Å². The zero-order valence-corrected chi connectivity index (χ0v) is 12.7. The predicted molar refractivity (Wildman–Crippen MR) is 88.9 cm³/mol. The average molecular weight is 307 g/mol. The molecule has 5 nitrogen and oxygen atoms in total. The van der Waals surface area contributed by atoms with Crippen molar-refractivity contribution < 1.29 is 9.21 Å². The Hall–Kier alpha value is -2.92. The van der Waals surface area contributed by atoms with Crippen LogP contribution in [0.2, 0.25) is 0 Å². The van der Waals surface area contributed by atoms with E-state index in [-0.39, 0.29) is 11.9 Å². The number of nitrogens with two attached hydrogens (primary N) is 1. The van der Waals surface area contributed by atoms with Gasteiger partial charge < -0.3 is 15.5 Å². The van der Waals surface area contributed by atoms with E-state index in [0.29, 0.717) is 11.3 Å². The van der Waals surface area contributed by atoms with Gasteiger partial charge in [0.1, 0.15) is 0 Å². The third-order valence-electron chi connectivity index (χ3n) is 3.58. The first kappa shape index (κ1) is 15.0. The highest BCUT2D eigenvalue weighted by Crippen LogP contribution is 2.29. The average Bonchev–Trinajstić information content (AvgIpc) is 3.09. The molecule has 1 aromatic carbocycles. The first-order valence-electron chi connectivity index (χ1n) is 7.28. The summed E-state index contributed by atoms with van der Waals surface area (Å²) < 4.78 is 5.15. The number of carbonyl (C=O) groups excluding carboxylic acids is 1. The number of hydrogen-bond donors (Lipinski definition) is 2. The molecule has 1 unspecified atom stereocenters. The van der Waals surface area contributed by atoms with Gasteiger partial charge in [0.15, 0.2) is 0 Å². The van der Waals surface area contributed by atoms with Crippen LogP contribution in [-0.2, 0) is 0 Å². The zero-order chi connectivity index (χ0) is 16.2. The second kappa shape index (κ2) is 6.46. The van der Waals surface area contributed by atoms with E-state index >= 15 is 0 Å². The van der Waals surface area contributed by atoms with Crippen molar-refractivity contribution in [2.45, 2.75) is 13.0 Å². The molecule has 0 spiro atoms. The van der Waals surface area contributed by atoms with Crippen molar-refractivity contribution in [2.24, 2.45) is 5.73 Å². The quantitative estimate of drug-likeness (QED) is 0.771. The fourth-order valence-corrected chi connectivity index (χ4v) is 2.40. The van der Waals surface area contributed by atoms with E-state index < -0.39 is 0 Å². The van der Waals surface area contributed by atoms with Crippen LogP contribution in [0.15, 0.2) is 65.7 Å². The number of anilines is 1. The number of rotatable bonds is 4. The van der Waals surface area contributed by atoms with Crippen molar-refractivity contribution in [1.29, 1.82) is 0 Å². The lowest BCUT2D eigenvalue weighted by molar-refractivity contribution is 0.102. The molecule has 0 aliphatic carbocycles. The maximum atomic E-state index is 12.4. The number of hydrogen-bond acceptors (Lipinski definition) is 4. The van der Waals surface area contributed by atoms with E-state index in [1.807, 2.05) is 25.1 Å². The molecule has 0 bridgehead atoms. The number of aromatic nitrogens is 1. The minimum absolute atomic E-state index is 0.141. The molecular weight excluding hydrogens is 290 g/mol. The molecule has 3 N–H and O–H groups in total. The van der Waals surface area contributed by atoms with Gasteiger partial charge in [-0.1, -0.05) is 6.07 Å². The lowest BCUT2D eigenvalue weighted by atomic mass is 9.95. The van der Waals surface area contributed by atoms with E-state index in [9.17, 15) is 4.79 Å². The maximum absolute atomic E-state index is 12.4. The molecular formula is C18H17N3O2. The van der Waals surface area contributed by atoms with Gasteiger partial charge >= 0.3 is 0 Å². The van der Waals surface area contributed by atoms with Gasteiger partial charge in [-0.15, -0.1) is 0 Å². The molecule has 0 aliphatic rings. The summed E-state index contributed by atoms with van der Waals surface area (Å²) in [6.45, 7) is 1.91. The number of carbonyl (C=O) groups is 1. The van der Waals surface area contributed by atoms with E-state index in [4.69, 9.17) is 10.2 Å². The topological polar surface area (TPSA) is 81.2 Å². The standard InChI is InChI=1S/C18H17N3O2/c1-12(19)16-3-2-13(10-17(16)14-6-9-23-11-14)18(22)21-15-4-7-20-8-5-15/h2-12H,19H2,1H3,(H,20,21,22). The van der Waals surface area contributed by atoms with Crippen LogP contribution in [0.25, 0.3) is 11.1 Å². The molecule has 23 heavy (non-hydrogen) atoms. The number of nitrogens with one attached hydrogen (secondary N) is 1. The van der Waals surface area contributed by atoms with Gasteiger partial charge in [0.2, 0.25) is 0 Å². The fourth-order valence-electron chi connectivity index (χ4n) is 2.40. The van der Waals surface area contributed by atoms with Crippen LogP contribution < -0.4 is 11.1 Å². The molecule has 3 aromatic rings. The van der Waals surface area contributed by atoms with Crippen LogP contribution in [0, 0.1) is 0 Å². The van der Waals surface area contributed by atoms with Gasteiger partial charge in [-0.05, 0) is 48.4 Å². The van der Waals surface area contributed by atoms with Gasteiger partial charge in [0.05, 0.1) is 12.5 Å². The van der Waals surface area contributed by atoms with Crippen molar-refractivity contribution in [2.75, 3.05) is 5.32 Å². The Morgan fingerprint density at radius 3 is 2.65 bits per heavy atom. The molecule has 2 aromatic heterocycles. The largest absolute Gasteiger partial charge is 0.472 e. The lowest BCUT2D eigenvalue weighted by Gasteiger charge is -2.13. The summed E-state index contributed by atoms with van der Waals surface area (Å²) in [7, 11) is 0. The number of nitrogens with zero attached hydrogens (tertiary/aromatic N) is 1. The lowest BCUT2D eigenvalue weighted by Crippen LogP contribution is -2.13. The molecule has 116 valence electrons. The summed E-state index contributed by atoms with van der Waals surface area (Å²) in [6.07, 6.45) is 6.51. The smallest absolute Gasteiger partial charge is 0.255 e. The monoisotopic (exact) mass is 307 g/mol. The summed E-state index contributed by atoms with van der Waals surface area (Å²) >= 11 is 0. The second-order valence-corrected chi connectivity index (χ2v) is 5.29. The summed E-state index contributed by atoms with van der Waals surface area (Å²) in [6, 6.07) is 10.7. The minimum atomic E-state index is -0.183. The fraction of sp³-hybridized carbons (Fsp3) is 0.111. The van der Waals surface area contributed by atoms with E-state index in [1.165, 1.54) is 0 Å². The summed E-state index contributed by atoms with van der Waals surface area (Å²) in [5.41, 5.74) is 10.1. The third kappa shape index (κ3) is 3.30. The van der Waals surface area contributed by atoms with Crippen LogP contribution in [0.3, 0.4) is 0 Å². The Morgan fingerprint density at radius 2 is 2.00 bits per heavy atom. The van der Waals surface area contributed by atoms with Crippen LogP contribution in [0.4, 0.5) is 5.69 Å². The highest BCUT2D eigenvalue weighted by atomic mass is 16.3. The van der Waals surface area contributed by atoms with Crippen LogP contribution >= 0.6 is 0 Å². The molecule has 0 fully saturated rings. The van der Waals surface area contributed by atoms with Crippen molar-refractivity contribution in [1.82, 2.24) is 4.98 Å². The molecule has 0 aliphatic heterocycles. The van der Waals surface area contributed by atoms with E-state index in [2.05, 4.69) is 10.3 Å². The number of benzene rings is 1. The summed E-state index contributed by atoms with van der Waals surface area (Å²) in [5, 5.41) is 2.85. The first-order chi connectivity index (χ1) is 11.1. The van der Waals surface area contributed by atoms with Crippen molar-refractivity contribution in [3.8, 4) is 11.1 Å². The Balaban J connectivity index is 1.94. The van der Waals surface area contributed by atoms with Gasteiger partial charge in [0.25, 0.3) is 5.91 Å². The highest BCUT2D eigenvalue weighted by Gasteiger charge is 2.14. The molecule has 3 rings (SSSR count). The molecule has 0 saturated carbocycles. The predicted octanol–water partition coefficient (Wildman–Crippen LogP) is 3.61. The maximum Gasteiger partial charge on any atom is 0.255 e. The Labute approximate surface area is 134 Å². The molecule has 2 heterocycles. The second-order valence-electron chi connectivity index (χ2n) is 5.29. The molecule has 5 heteroatoms. The van der Waals surface area contributed by atoms with E-state index in [0.717, 1.165) is 16.7 Å². The molecule has 0 saturated heterocycles. The first-order valence-corrected chi connectivity index (χ1v) is 7.28.